The highest BCUT2D eigenvalue weighted by Crippen LogP contribution is 2.57. The van der Waals surface area contributed by atoms with Crippen LogP contribution < -0.4 is 4.74 Å². The van der Waals surface area contributed by atoms with Crippen molar-refractivity contribution in [1.82, 2.24) is 9.21 Å². The molecule has 1 heterocycles. The summed E-state index contributed by atoms with van der Waals surface area (Å²) in [6.45, 7) is 7.18. The zero-order chi connectivity index (χ0) is 30.6. The number of carboxylic acid groups (broad SMARTS) is 1. The standard InChI is InChI=1S/C33H43FN2O5S/c1-6-27-21-36(42(39,40)32-12-8-7-11-31(32)41-27)20-26-17-24(14-13-22(26)2)29(19-33(37)38)28-18-25(10-9-15-35(4)5)30(34)16-23(28)3/h7-8,11-14,16-18,27,29,39-40H,6,9-10,15,19-21H2,1-5H3,(H,37,38)/t27-,29?/m1/s1. The first-order chi connectivity index (χ1) is 19.9. The van der Waals surface area contributed by atoms with Crippen LogP contribution >= 0.6 is 10.8 Å². The van der Waals surface area contributed by atoms with Gasteiger partial charge in [-0.3, -0.25) is 13.9 Å². The molecule has 42 heavy (non-hydrogen) atoms. The van der Waals surface area contributed by atoms with E-state index in [-0.39, 0.29) is 24.9 Å². The van der Waals surface area contributed by atoms with Crippen LogP contribution in [0.15, 0.2) is 59.5 Å². The molecule has 0 spiro atoms. The topological polar surface area (TPSA) is 93.5 Å². The molecule has 1 aliphatic heterocycles. The van der Waals surface area contributed by atoms with Gasteiger partial charge in [-0.1, -0.05) is 43.3 Å². The van der Waals surface area contributed by atoms with Crippen molar-refractivity contribution in [1.29, 1.82) is 0 Å². The lowest BCUT2D eigenvalue weighted by molar-refractivity contribution is -0.137. The Kier molecular flexibility index (Phi) is 10.3. The third kappa shape index (κ3) is 7.33. The summed E-state index contributed by atoms with van der Waals surface area (Å²) >= 11 is 0. The second-order valence-corrected chi connectivity index (χ2v) is 13.5. The summed E-state index contributed by atoms with van der Waals surface area (Å²) in [7, 11) is 0.615. The molecule has 0 fully saturated rings. The number of para-hydroxylation sites is 1. The summed E-state index contributed by atoms with van der Waals surface area (Å²) in [6, 6.07) is 16.2. The number of rotatable bonds is 11. The van der Waals surface area contributed by atoms with Crippen molar-refractivity contribution in [2.24, 2.45) is 0 Å². The number of ether oxygens (including phenoxy) is 1. The van der Waals surface area contributed by atoms with Crippen molar-refractivity contribution in [2.45, 2.75) is 69.9 Å². The van der Waals surface area contributed by atoms with Gasteiger partial charge in [-0.15, -0.1) is 10.8 Å². The van der Waals surface area contributed by atoms with Crippen LogP contribution in [0.25, 0.3) is 0 Å². The van der Waals surface area contributed by atoms with E-state index in [2.05, 4.69) is 4.90 Å². The predicted octanol–water partition coefficient (Wildman–Crippen LogP) is 7.24. The molecule has 0 saturated heterocycles. The molecule has 9 heteroatoms. The van der Waals surface area contributed by atoms with E-state index in [4.69, 9.17) is 4.74 Å². The Bertz CT molecular complexity index is 1410. The van der Waals surface area contributed by atoms with Crippen molar-refractivity contribution < 1.29 is 28.1 Å². The van der Waals surface area contributed by atoms with Gasteiger partial charge < -0.3 is 14.7 Å². The summed E-state index contributed by atoms with van der Waals surface area (Å²) in [5.74, 6) is -1.23. The highest BCUT2D eigenvalue weighted by molar-refractivity contribution is 8.22. The predicted molar refractivity (Wildman–Crippen MR) is 166 cm³/mol. The Labute approximate surface area is 250 Å². The number of aliphatic carboxylic acids is 1. The third-order valence-corrected chi connectivity index (χ3v) is 9.95. The molecule has 0 aliphatic carbocycles. The summed E-state index contributed by atoms with van der Waals surface area (Å²) in [5.41, 5.74) is 4.70. The molecule has 3 aromatic carbocycles. The molecule has 1 aliphatic rings. The van der Waals surface area contributed by atoms with Crippen LogP contribution in [0.4, 0.5) is 4.39 Å². The molecular formula is C33H43FN2O5S. The Morgan fingerprint density at radius 3 is 2.52 bits per heavy atom. The van der Waals surface area contributed by atoms with Crippen LogP contribution in [-0.4, -0.2) is 62.7 Å². The van der Waals surface area contributed by atoms with Crippen molar-refractivity contribution in [3.05, 3.63) is 93.8 Å². The van der Waals surface area contributed by atoms with E-state index in [0.29, 0.717) is 41.2 Å². The Morgan fingerprint density at radius 1 is 1.10 bits per heavy atom. The maximum absolute atomic E-state index is 14.9. The maximum Gasteiger partial charge on any atom is 0.304 e. The summed E-state index contributed by atoms with van der Waals surface area (Å²) in [6.07, 6.45) is 1.67. The first kappa shape index (κ1) is 32.0. The first-order valence-electron chi connectivity index (χ1n) is 14.4. The van der Waals surface area contributed by atoms with Gasteiger partial charge in [0.2, 0.25) is 0 Å². The smallest absolute Gasteiger partial charge is 0.304 e. The molecule has 2 atom stereocenters. The third-order valence-electron chi connectivity index (χ3n) is 8.02. The fourth-order valence-electron chi connectivity index (χ4n) is 5.57. The lowest BCUT2D eigenvalue weighted by Crippen LogP contribution is -2.34. The molecule has 1 unspecified atom stereocenters. The first-order valence-corrected chi connectivity index (χ1v) is 15.9. The molecule has 0 radical (unpaired) electrons. The minimum absolute atomic E-state index is 0.149. The second-order valence-electron chi connectivity index (χ2n) is 11.5. The van der Waals surface area contributed by atoms with Gasteiger partial charge in [0.05, 0.1) is 13.0 Å². The Hall–Kier alpha value is -2.95. The van der Waals surface area contributed by atoms with Crippen molar-refractivity contribution in [3.63, 3.8) is 0 Å². The summed E-state index contributed by atoms with van der Waals surface area (Å²) < 4.78 is 45.7. The second kappa shape index (κ2) is 13.6. The number of nitrogens with zero attached hydrogens (tertiary/aromatic N) is 2. The van der Waals surface area contributed by atoms with E-state index in [1.54, 1.807) is 22.5 Å². The number of aryl methyl sites for hydroxylation is 3. The van der Waals surface area contributed by atoms with Gasteiger partial charge in [-0.2, -0.15) is 4.31 Å². The maximum atomic E-state index is 14.9. The molecule has 0 aromatic heterocycles. The monoisotopic (exact) mass is 598 g/mol. The van der Waals surface area contributed by atoms with E-state index in [9.17, 15) is 23.4 Å². The molecule has 0 amide bonds. The number of fused-ring (bicyclic) bond motifs is 1. The molecule has 0 saturated carbocycles. The largest absolute Gasteiger partial charge is 0.487 e. The number of carboxylic acids is 1. The molecule has 3 aromatic rings. The van der Waals surface area contributed by atoms with E-state index in [0.717, 1.165) is 35.2 Å². The number of halogens is 1. The lowest BCUT2D eigenvalue weighted by atomic mass is 9.83. The zero-order valence-corrected chi connectivity index (χ0v) is 26.0. The van der Waals surface area contributed by atoms with Gasteiger partial charge in [-0.05, 0) is 105 Å². The number of hydrogen-bond acceptors (Lipinski definition) is 6. The van der Waals surface area contributed by atoms with Gasteiger partial charge >= 0.3 is 5.97 Å². The lowest BCUT2D eigenvalue weighted by Gasteiger charge is -2.42. The molecular weight excluding hydrogens is 555 g/mol. The van der Waals surface area contributed by atoms with Gasteiger partial charge in [0.25, 0.3) is 0 Å². The van der Waals surface area contributed by atoms with Crippen molar-refractivity contribution in [2.75, 3.05) is 27.2 Å². The van der Waals surface area contributed by atoms with Gasteiger partial charge in [0.15, 0.2) is 0 Å². The van der Waals surface area contributed by atoms with Crippen molar-refractivity contribution in [3.8, 4) is 5.75 Å². The average Bonchev–Trinajstić information content (AvgIpc) is 3.03. The van der Waals surface area contributed by atoms with E-state index < -0.39 is 22.7 Å². The summed E-state index contributed by atoms with van der Waals surface area (Å²) in [4.78, 5) is 14.5. The Morgan fingerprint density at radius 2 is 1.83 bits per heavy atom. The molecule has 0 bridgehead atoms. The van der Waals surface area contributed by atoms with E-state index >= 15 is 0 Å². The van der Waals surface area contributed by atoms with Crippen molar-refractivity contribution >= 4 is 16.7 Å². The van der Waals surface area contributed by atoms with E-state index in [1.165, 1.54) is 6.07 Å². The van der Waals surface area contributed by atoms with E-state index in [1.807, 2.05) is 65.2 Å². The van der Waals surface area contributed by atoms with Crippen LogP contribution in [-0.2, 0) is 17.8 Å². The normalized spacial score (nSPS) is 18.2. The van der Waals surface area contributed by atoms with Gasteiger partial charge in [-0.25, -0.2) is 4.39 Å². The molecule has 3 N–H and O–H groups in total. The fraction of sp³-hybridized carbons (Fsp3) is 0.424. The molecule has 228 valence electrons. The summed E-state index contributed by atoms with van der Waals surface area (Å²) in [5, 5.41) is 9.89. The highest BCUT2D eigenvalue weighted by atomic mass is 32.3. The SMILES string of the molecule is CC[C@@H]1CN(Cc2cc(C(CC(=O)O)c3cc(CCCN(C)C)c(F)cc3C)ccc2C)S(O)(O)c2ccccc2O1. The zero-order valence-electron chi connectivity index (χ0n) is 25.1. The van der Waals surface area contributed by atoms with Crippen LogP contribution in [0, 0.1) is 19.7 Å². The number of benzene rings is 3. The van der Waals surface area contributed by atoms with Crippen LogP contribution in [0.5, 0.6) is 5.75 Å². The van der Waals surface area contributed by atoms with Gasteiger partial charge in [0, 0.05) is 12.5 Å². The van der Waals surface area contributed by atoms with Gasteiger partial charge in [0.1, 0.15) is 22.6 Å². The quantitative estimate of drug-likeness (QED) is 0.214. The molecule has 7 nitrogen and oxygen atoms in total. The number of carbonyl (C=O) groups is 1. The minimum Gasteiger partial charge on any atom is -0.487 e. The highest BCUT2D eigenvalue weighted by Gasteiger charge is 2.35. The van der Waals surface area contributed by atoms with Crippen LogP contribution in [0.2, 0.25) is 0 Å². The average molecular weight is 599 g/mol. The Balaban J connectivity index is 1.72. The fourth-order valence-corrected chi connectivity index (χ4v) is 7.19. The minimum atomic E-state index is -3.34. The van der Waals surface area contributed by atoms with Crippen LogP contribution in [0.1, 0.15) is 65.5 Å². The number of hydrogen-bond donors (Lipinski definition) is 3. The van der Waals surface area contributed by atoms with Crippen LogP contribution in [0.3, 0.4) is 0 Å². The molecule has 4 rings (SSSR count).